The summed E-state index contributed by atoms with van der Waals surface area (Å²) in [7, 11) is 0. The molecule has 0 fully saturated rings. The van der Waals surface area contributed by atoms with Crippen LogP contribution in [0.1, 0.15) is 29.7 Å². The molecule has 2 aliphatic rings. The van der Waals surface area contributed by atoms with Crippen LogP contribution < -0.4 is 4.90 Å². The van der Waals surface area contributed by atoms with Gasteiger partial charge in [0, 0.05) is 24.0 Å². The Hall–Kier alpha value is -4.38. The first-order valence-corrected chi connectivity index (χ1v) is 11.6. The molecule has 7 rings (SSSR count). The van der Waals surface area contributed by atoms with Crippen LogP contribution in [-0.4, -0.2) is 9.97 Å². The molecule has 0 radical (unpaired) electrons. The van der Waals surface area contributed by atoms with Gasteiger partial charge >= 0.3 is 0 Å². The van der Waals surface area contributed by atoms with Crippen LogP contribution in [0.5, 0.6) is 0 Å². The first-order chi connectivity index (χ1) is 17.1. The van der Waals surface area contributed by atoms with Crippen molar-refractivity contribution in [2.24, 2.45) is 0 Å². The number of benzene rings is 3. The zero-order valence-corrected chi connectivity index (χ0v) is 18.7. The number of hydrogen-bond donors (Lipinski definition) is 0. The summed E-state index contributed by atoms with van der Waals surface area (Å²) in [6.45, 7) is 0. The molecule has 0 spiro atoms. The topological polar surface area (TPSA) is 29.0 Å². The molecule has 36 heavy (non-hydrogen) atoms. The van der Waals surface area contributed by atoms with Crippen molar-refractivity contribution < 1.29 is 8.78 Å². The third kappa shape index (κ3) is 3.47. The highest BCUT2D eigenvalue weighted by atomic mass is 19.1. The van der Waals surface area contributed by atoms with Gasteiger partial charge in [-0.3, -0.25) is 4.90 Å². The number of aromatic nitrogens is 2. The summed E-state index contributed by atoms with van der Waals surface area (Å²) in [6, 6.07) is 27.5. The molecule has 2 aliphatic heterocycles. The molecule has 0 atom stereocenters. The predicted octanol–water partition coefficient (Wildman–Crippen LogP) is 8.00. The SMILES string of the molecule is C.Fc1ccc(-c2ccc3c(n2)N2c4nc(-c5ccc(F)cc5)ccc4Cc4cccc(c42)C3)cc1. The summed E-state index contributed by atoms with van der Waals surface area (Å²) >= 11 is 0. The molecule has 0 N–H and O–H groups in total. The highest BCUT2D eigenvalue weighted by molar-refractivity contribution is 5.87. The maximum Gasteiger partial charge on any atom is 0.143 e. The summed E-state index contributed by atoms with van der Waals surface area (Å²) in [5.41, 5.74) is 9.14. The monoisotopic (exact) mass is 475 g/mol. The third-order valence-electron chi connectivity index (χ3n) is 6.80. The lowest BCUT2D eigenvalue weighted by Gasteiger charge is -2.37. The Balaban J connectivity index is 0.00000240. The lowest BCUT2D eigenvalue weighted by molar-refractivity contribution is 0.627. The zero-order chi connectivity index (χ0) is 23.5. The molecule has 3 nitrogen and oxygen atoms in total. The fourth-order valence-electron chi connectivity index (χ4n) is 5.12. The van der Waals surface area contributed by atoms with Crippen molar-refractivity contribution in [1.29, 1.82) is 0 Å². The standard InChI is InChI=1S/C30H19F2N3.CH4/c31-24-10-4-18(5-11-24)26-14-8-22-16-20-2-1-3-21-17-23-9-15-27(19-6-12-25(32)13-7-19)34-30(23)35(28(20)21)29(22)33-26;/h1-15H,16-17H2;1H4. The van der Waals surface area contributed by atoms with Gasteiger partial charge < -0.3 is 0 Å². The van der Waals surface area contributed by atoms with Gasteiger partial charge in [0.2, 0.25) is 0 Å². The first-order valence-electron chi connectivity index (χ1n) is 11.6. The van der Waals surface area contributed by atoms with E-state index >= 15 is 0 Å². The highest BCUT2D eigenvalue weighted by Crippen LogP contribution is 2.49. The Labute approximate surface area is 208 Å². The van der Waals surface area contributed by atoms with Crippen LogP contribution in [0.3, 0.4) is 0 Å². The van der Waals surface area contributed by atoms with Gasteiger partial charge in [-0.15, -0.1) is 0 Å². The van der Waals surface area contributed by atoms with E-state index in [9.17, 15) is 8.78 Å². The van der Waals surface area contributed by atoms with Crippen molar-refractivity contribution in [2.75, 3.05) is 4.90 Å². The molecular weight excluding hydrogens is 452 g/mol. The summed E-state index contributed by atoms with van der Waals surface area (Å²) in [5, 5.41) is 0. The number of halogens is 2. The van der Waals surface area contributed by atoms with Gasteiger partial charge in [-0.05, 0) is 82.9 Å². The molecule has 0 amide bonds. The lowest BCUT2D eigenvalue weighted by atomic mass is 9.89. The van der Waals surface area contributed by atoms with Crippen LogP contribution in [0, 0.1) is 11.6 Å². The molecule has 0 saturated heterocycles. The number of para-hydroxylation sites is 1. The highest BCUT2D eigenvalue weighted by Gasteiger charge is 2.33. The first kappa shape index (κ1) is 22.1. The van der Waals surface area contributed by atoms with Gasteiger partial charge in [0.15, 0.2) is 0 Å². The van der Waals surface area contributed by atoms with Gasteiger partial charge in [-0.25, -0.2) is 18.7 Å². The van der Waals surface area contributed by atoms with E-state index in [2.05, 4.69) is 35.2 Å². The van der Waals surface area contributed by atoms with Gasteiger partial charge in [0.1, 0.15) is 23.3 Å². The Morgan fingerprint density at radius 2 is 0.972 bits per heavy atom. The molecule has 0 bridgehead atoms. The normalized spacial score (nSPS) is 12.8. The number of pyridine rings is 2. The number of anilines is 3. The van der Waals surface area contributed by atoms with Crippen molar-refractivity contribution in [3.05, 3.63) is 125 Å². The largest absolute Gasteiger partial charge is 0.278 e. The molecule has 0 aliphatic carbocycles. The maximum absolute atomic E-state index is 13.5. The molecule has 5 heteroatoms. The van der Waals surface area contributed by atoms with E-state index in [1.807, 2.05) is 12.1 Å². The van der Waals surface area contributed by atoms with Crippen molar-refractivity contribution in [3.63, 3.8) is 0 Å². The van der Waals surface area contributed by atoms with E-state index in [-0.39, 0.29) is 19.1 Å². The zero-order valence-electron chi connectivity index (χ0n) is 18.7. The molecule has 4 heterocycles. The Morgan fingerprint density at radius 1 is 0.528 bits per heavy atom. The summed E-state index contributed by atoms with van der Waals surface area (Å²) in [4.78, 5) is 12.3. The van der Waals surface area contributed by atoms with Crippen LogP contribution in [0.15, 0.2) is 91.0 Å². The van der Waals surface area contributed by atoms with E-state index < -0.39 is 0 Å². The Morgan fingerprint density at radius 3 is 1.42 bits per heavy atom. The minimum Gasteiger partial charge on any atom is -0.278 e. The van der Waals surface area contributed by atoms with Crippen molar-refractivity contribution in [3.8, 4) is 22.5 Å². The number of fused-ring (bicyclic) bond motifs is 4. The fourth-order valence-corrected chi connectivity index (χ4v) is 5.12. The number of rotatable bonds is 2. The molecule has 2 aromatic heterocycles. The van der Waals surface area contributed by atoms with Gasteiger partial charge in [0.05, 0.1) is 17.1 Å². The minimum atomic E-state index is -0.271. The van der Waals surface area contributed by atoms with Crippen LogP contribution in [0.4, 0.5) is 26.1 Å². The van der Waals surface area contributed by atoms with Crippen molar-refractivity contribution in [1.82, 2.24) is 9.97 Å². The summed E-state index contributed by atoms with van der Waals surface area (Å²) < 4.78 is 27.0. The van der Waals surface area contributed by atoms with Gasteiger partial charge in [-0.1, -0.05) is 37.8 Å². The Bertz CT molecular complexity index is 1490. The van der Waals surface area contributed by atoms with Gasteiger partial charge in [0.25, 0.3) is 0 Å². The van der Waals surface area contributed by atoms with Crippen molar-refractivity contribution >= 4 is 17.3 Å². The average molecular weight is 476 g/mol. The molecule has 0 unspecified atom stereocenters. The third-order valence-corrected chi connectivity index (χ3v) is 6.80. The molecule has 5 aromatic rings. The second-order valence-corrected chi connectivity index (χ2v) is 8.99. The quantitative estimate of drug-likeness (QED) is 0.254. The average Bonchev–Trinajstić information content (AvgIpc) is 2.89. The van der Waals surface area contributed by atoms with Gasteiger partial charge in [-0.2, -0.15) is 0 Å². The van der Waals surface area contributed by atoms with E-state index in [1.165, 1.54) is 35.4 Å². The number of hydrogen-bond acceptors (Lipinski definition) is 3. The lowest BCUT2D eigenvalue weighted by Crippen LogP contribution is -2.26. The van der Waals surface area contributed by atoms with Crippen LogP contribution >= 0.6 is 0 Å². The second-order valence-electron chi connectivity index (χ2n) is 8.99. The van der Waals surface area contributed by atoms with Crippen LogP contribution in [-0.2, 0) is 12.8 Å². The minimum absolute atomic E-state index is 0. The van der Waals surface area contributed by atoms with Crippen LogP contribution in [0.2, 0.25) is 0 Å². The molecule has 3 aromatic carbocycles. The fraction of sp³-hybridized carbons (Fsp3) is 0.0968. The second kappa shape index (κ2) is 8.38. The molecular formula is C31H23F2N3. The van der Waals surface area contributed by atoms with E-state index in [1.54, 1.807) is 24.3 Å². The van der Waals surface area contributed by atoms with Crippen LogP contribution in [0.25, 0.3) is 22.5 Å². The molecule has 176 valence electrons. The smallest absolute Gasteiger partial charge is 0.143 e. The summed E-state index contributed by atoms with van der Waals surface area (Å²) in [5.74, 6) is 1.15. The maximum atomic E-state index is 13.5. The Kier molecular flexibility index (Phi) is 5.15. The van der Waals surface area contributed by atoms with E-state index in [0.29, 0.717) is 0 Å². The van der Waals surface area contributed by atoms with E-state index in [4.69, 9.17) is 9.97 Å². The molecule has 0 saturated carbocycles. The van der Waals surface area contributed by atoms with Crippen molar-refractivity contribution in [2.45, 2.75) is 20.3 Å². The number of nitrogens with zero attached hydrogens (tertiary/aromatic N) is 3. The predicted molar refractivity (Wildman–Crippen MR) is 140 cm³/mol. The summed E-state index contributed by atoms with van der Waals surface area (Å²) in [6.07, 6.45) is 1.58. The van der Waals surface area contributed by atoms with E-state index in [0.717, 1.165) is 63.8 Å².